The van der Waals surface area contributed by atoms with E-state index in [1.165, 1.54) is 25.7 Å². The zero-order valence-electron chi connectivity index (χ0n) is 28.9. The maximum Gasteiger partial charge on any atom is 0.164 e. The Morgan fingerprint density at radius 1 is 0.370 bits per heavy atom. The SMILES string of the molecule is c1ccc(-c2ccc3cc(-c4cccc(-c5nc(-c6ccccc6)nc(-c6ccc7sc8ccccc8c7c6)n5)c4)c4c5ccccc5oc4c3c2)cc1. The van der Waals surface area contributed by atoms with Crippen molar-refractivity contribution in [3.8, 4) is 56.4 Å². The molecule has 0 atom stereocenters. The molecular formula is C49H29N3OS. The number of thiophene rings is 1. The van der Waals surface area contributed by atoms with Crippen LogP contribution in [0.15, 0.2) is 180 Å². The third-order valence-electron chi connectivity index (χ3n) is 10.3. The summed E-state index contributed by atoms with van der Waals surface area (Å²) < 4.78 is 9.20. The van der Waals surface area contributed by atoms with Crippen LogP contribution in [-0.2, 0) is 0 Å². The zero-order valence-corrected chi connectivity index (χ0v) is 29.7. The molecule has 8 aromatic carbocycles. The van der Waals surface area contributed by atoms with E-state index >= 15 is 0 Å². The molecule has 4 nitrogen and oxygen atoms in total. The Morgan fingerprint density at radius 2 is 0.963 bits per heavy atom. The second kappa shape index (κ2) is 12.3. The zero-order chi connectivity index (χ0) is 35.6. The van der Waals surface area contributed by atoms with Gasteiger partial charge >= 0.3 is 0 Å². The quantitative estimate of drug-likeness (QED) is 0.179. The van der Waals surface area contributed by atoms with Crippen LogP contribution >= 0.6 is 11.3 Å². The van der Waals surface area contributed by atoms with Crippen molar-refractivity contribution in [1.82, 2.24) is 15.0 Å². The minimum absolute atomic E-state index is 0.623. The molecule has 54 heavy (non-hydrogen) atoms. The molecule has 3 heterocycles. The van der Waals surface area contributed by atoms with Crippen molar-refractivity contribution < 1.29 is 4.42 Å². The van der Waals surface area contributed by atoms with E-state index in [0.717, 1.165) is 66.1 Å². The normalized spacial score (nSPS) is 11.7. The van der Waals surface area contributed by atoms with Crippen molar-refractivity contribution in [2.24, 2.45) is 0 Å². The third kappa shape index (κ3) is 5.09. The summed E-state index contributed by atoms with van der Waals surface area (Å²) >= 11 is 1.81. The highest BCUT2D eigenvalue weighted by atomic mass is 32.1. The minimum Gasteiger partial charge on any atom is -0.455 e. The first-order valence-corrected chi connectivity index (χ1v) is 18.8. The van der Waals surface area contributed by atoms with Crippen LogP contribution in [0.4, 0.5) is 0 Å². The fourth-order valence-corrected chi connectivity index (χ4v) is 8.77. The number of hydrogen-bond acceptors (Lipinski definition) is 5. The van der Waals surface area contributed by atoms with E-state index < -0.39 is 0 Å². The third-order valence-corrected chi connectivity index (χ3v) is 11.5. The van der Waals surface area contributed by atoms with Crippen LogP contribution in [0.1, 0.15) is 0 Å². The van der Waals surface area contributed by atoms with Crippen LogP contribution in [0.25, 0.3) is 109 Å². The lowest BCUT2D eigenvalue weighted by atomic mass is 9.93. The molecular weight excluding hydrogens is 679 g/mol. The van der Waals surface area contributed by atoms with Crippen molar-refractivity contribution in [3.05, 3.63) is 176 Å². The highest BCUT2D eigenvalue weighted by Crippen LogP contribution is 2.43. The van der Waals surface area contributed by atoms with Gasteiger partial charge in [-0.1, -0.05) is 127 Å². The summed E-state index contributed by atoms with van der Waals surface area (Å²) in [5.41, 5.74) is 9.06. The summed E-state index contributed by atoms with van der Waals surface area (Å²) in [5, 5.41) is 6.85. The van der Waals surface area contributed by atoms with Crippen molar-refractivity contribution in [2.45, 2.75) is 0 Å². The fourth-order valence-electron chi connectivity index (χ4n) is 7.69. The van der Waals surface area contributed by atoms with E-state index in [1.807, 2.05) is 53.8 Å². The van der Waals surface area contributed by atoms with Crippen LogP contribution in [-0.4, -0.2) is 15.0 Å². The summed E-state index contributed by atoms with van der Waals surface area (Å²) in [6.45, 7) is 0. The number of para-hydroxylation sites is 1. The molecule has 252 valence electrons. The number of rotatable bonds is 5. The van der Waals surface area contributed by atoms with Gasteiger partial charge in [0, 0.05) is 53.0 Å². The summed E-state index contributed by atoms with van der Waals surface area (Å²) in [6.07, 6.45) is 0. The minimum atomic E-state index is 0.623. The number of furan rings is 1. The van der Waals surface area contributed by atoms with Gasteiger partial charge in [-0.2, -0.15) is 0 Å². The molecule has 11 aromatic rings. The first-order valence-electron chi connectivity index (χ1n) is 18.0. The highest BCUT2D eigenvalue weighted by molar-refractivity contribution is 7.25. The molecule has 0 saturated heterocycles. The molecule has 0 spiro atoms. The smallest absolute Gasteiger partial charge is 0.164 e. The van der Waals surface area contributed by atoms with Crippen LogP contribution in [0.5, 0.6) is 0 Å². The molecule has 0 radical (unpaired) electrons. The number of aromatic nitrogens is 3. The van der Waals surface area contributed by atoms with Gasteiger partial charge in [0.2, 0.25) is 0 Å². The topological polar surface area (TPSA) is 51.8 Å². The van der Waals surface area contributed by atoms with E-state index in [4.69, 9.17) is 19.4 Å². The van der Waals surface area contributed by atoms with Crippen LogP contribution < -0.4 is 0 Å². The molecule has 0 amide bonds. The van der Waals surface area contributed by atoms with Crippen LogP contribution in [0.2, 0.25) is 0 Å². The van der Waals surface area contributed by atoms with Gasteiger partial charge in [-0.25, -0.2) is 15.0 Å². The van der Waals surface area contributed by atoms with Crippen molar-refractivity contribution >= 4 is 64.2 Å². The fraction of sp³-hybridized carbons (Fsp3) is 0. The molecule has 3 aromatic heterocycles. The average molecular weight is 708 g/mol. The molecule has 0 aliphatic rings. The number of fused-ring (bicyclic) bond motifs is 8. The van der Waals surface area contributed by atoms with Gasteiger partial charge in [-0.3, -0.25) is 0 Å². The van der Waals surface area contributed by atoms with Crippen LogP contribution in [0.3, 0.4) is 0 Å². The van der Waals surface area contributed by atoms with Gasteiger partial charge in [0.25, 0.3) is 0 Å². The first kappa shape index (κ1) is 30.7. The molecule has 0 N–H and O–H groups in total. The lowest BCUT2D eigenvalue weighted by Crippen LogP contribution is -2.00. The van der Waals surface area contributed by atoms with Gasteiger partial charge in [0.05, 0.1) is 0 Å². The van der Waals surface area contributed by atoms with E-state index in [1.54, 1.807) is 0 Å². The van der Waals surface area contributed by atoms with Crippen LogP contribution in [0, 0.1) is 0 Å². The first-order chi connectivity index (χ1) is 26.7. The Morgan fingerprint density at radius 3 is 1.78 bits per heavy atom. The number of benzene rings is 8. The van der Waals surface area contributed by atoms with Crippen molar-refractivity contribution in [2.75, 3.05) is 0 Å². The van der Waals surface area contributed by atoms with Gasteiger partial charge in [-0.05, 0) is 76.2 Å². The number of hydrogen-bond donors (Lipinski definition) is 0. The van der Waals surface area contributed by atoms with Gasteiger partial charge in [-0.15, -0.1) is 11.3 Å². The Balaban J connectivity index is 1.10. The second-order valence-corrected chi connectivity index (χ2v) is 14.7. The van der Waals surface area contributed by atoms with Gasteiger partial charge in [0.15, 0.2) is 17.5 Å². The predicted octanol–water partition coefficient (Wildman–Crippen LogP) is 13.6. The summed E-state index contributed by atoms with van der Waals surface area (Å²) in [6, 6.07) is 61.5. The molecule has 0 bridgehead atoms. The maximum atomic E-state index is 6.68. The van der Waals surface area contributed by atoms with E-state index in [0.29, 0.717) is 17.5 Å². The molecule has 0 saturated carbocycles. The molecule has 5 heteroatoms. The molecule has 0 aliphatic heterocycles. The van der Waals surface area contributed by atoms with Gasteiger partial charge < -0.3 is 4.42 Å². The highest BCUT2D eigenvalue weighted by Gasteiger charge is 2.19. The average Bonchev–Trinajstić information content (AvgIpc) is 3.83. The summed E-state index contributed by atoms with van der Waals surface area (Å²) in [7, 11) is 0. The largest absolute Gasteiger partial charge is 0.455 e. The Kier molecular flexibility index (Phi) is 7.00. The summed E-state index contributed by atoms with van der Waals surface area (Å²) in [4.78, 5) is 15.3. The molecule has 0 fully saturated rings. The Bertz CT molecular complexity index is 3220. The lowest BCUT2D eigenvalue weighted by Gasteiger charge is -2.12. The Hall–Kier alpha value is -6.95. The lowest BCUT2D eigenvalue weighted by molar-refractivity contribution is 0.673. The summed E-state index contributed by atoms with van der Waals surface area (Å²) in [5.74, 6) is 1.90. The second-order valence-electron chi connectivity index (χ2n) is 13.6. The van der Waals surface area contributed by atoms with Gasteiger partial charge in [0.1, 0.15) is 11.2 Å². The maximum absolute atomic E-state index is 6.68. The van der Waals surface area contributed by atoms with E-state index in [9.17, 15) is 0 Å². The van der Waals surface area contributed by atoms with Crippen molar-refractivity contribution in [1.29, 1.82) is 0 Å². The van der Waals surface area contributed by atoms with Crippen molar-refractivity contribution in [3.63, 3.8) is 0 Å². The van der Waals surface area contributed by atoms with E-state index in [-0.39, 0.29) is 0 Å². The molecule has 11 rings (SSSR count). The monoisotopic (exact) mass is 707 g/mol. The molecule has 0 aliphatic carbocycles. The van der Waals surface area contributed by atoms with E-state index in [2.05, 4.69) is 133 Å². The predicted molar refractivity (Wildman–Crippen MR) is 225 cm³/mol. The molecule has 0 unspecified atom stereocenters. The standard InChI is InChI=1S/C49H29N3OS/c1-3-12-30(13-4-1)32-22-23-34-28-39(45-38-19-7-9-20-42(38)53-46(45)40(34)27-32)33-16-11-17-35(26-33)48-50-47(31-14-5-2-6-15-31)51-49(52-48)36-24-25-44-41(29-36)37-18-8-10-21-43(37)54-44/h1-29H. The Labute approximate surface area is 314 Å². The number of nitrogens with zero attached hydrogens (tertiary/aromatic N) is 3.